The van der Waals surface area contributed by atoms with Gasteiger partial charge in [-0.05, 0) is 33.9 Å². The maximum atomic E-state index is 10.2. The molecule has 1 saturated carbocycles. The van der Waals surface area contributed by atoms with Crippen LogP contribution in [-0.4, -0.2) is 47.8 Å². The molecule has 0 saturated heterocycles. The average Bonchev–Trinajstić information content (AvgIpc) is 2.96. The molecule has 1 aromatic heterocycles. The van der Waals surface area contributed by atoms with Crippen molar-refractivity contribution in [2.45, 2.75) is 50.7 Å². The molecule has 1 atom stereocenters. The van der Waals surface area contributed by atoms with E-state index < -0.39 is 5.60 Å². The van der Waals surface area contributed by atoms with Crippen LogP contribution in [0.2, 0.25) is 0 Å². The van der Waals surface area contributed by atoms with Gasteiger partial charge in [-0.3, -0.25) is 0 Å². The second-order valence-corrected chi connectivity index (χ2v) is 7.63. The highest BCUT2D eigenvalue weighted by atomic mass is 32.1. The summed E-state index contributed by atoms with van der Waals surface area (Å²) in [5, 5.41) is 14.9. The summed E-state index contributed by atoms with van der Waals surface area (Å²) < 4.78 is 0. The lowest BCUT2D eigenvalue weighted by Crippen LogP contribution is -2.45. The van der Waals surface area contributed by atoms with Crippen molar-refractivity contribution < 1.29 is 5.11 Å². The van der Waals surface area contributed by atoms with Gasteiger partial charge in [-0.1, -0.05) is 12.8 Å². The van der Waals surface area contributed by atoms with Gasteiger partial charge in [0.05, 0.1) is 10.6 Å². The molecule has 1 unspecified atom stereocenters. The Morgan fingerprint density at radius 3 is 2.80 bits per heavy atom. The Labute approximate surface area is 126 Å². The lowest BCUT2D eigenvalue weighted by molar-refractivity contribution is 0.0336. The van der Waals surface area contributed by atoms with Crippen LogP contribution in [0.15, 0.2) is 6.20 Å². The van der Waals surface area contributed by atoms with Crippen molar-refractivity contribution >= 4 is 11.3 Å². The van der Waals surface area contributed by atoms with Gasteiger partial charge in [0.1, 0.15) is 0 Å². The summed E-state index contributed by atoms with van der Waals surface area (Å²) in [5.41, 5.74) is -0.692. The number of aliphatic hydroxyl groups is 1. The van der Waals surface area contributed by atoms with Crippen molar-refractivity contribution in [3.63, 3.8) is 0 Å². The zero-order chi connectivity index (χ0) is 14.6. The van der Waals surface area contributed by atoms with Crippen LogP contribution in [0.4, 0.5) is 0 Å². The summed E-state index contributed by atoms with van der Waals surface area (Å²) >= 11 is 1.83. The molecule has 0 amide bonds. The molecule has 0 bridgehead atoms. The lowest BCUT2D eigenvalue weighted by atomic mass is 10.1. The minimum atomic E-state index is -0.692. The van der Waals surface area contributed by atoms with E-state index in [-0.39, 0.29) is 0 Å². The van der Waals surface area contributed by atoms with E-state index in [2.05, 4.69) is 10.3 Å². The fourth-order valence-electron chi connectivity index (χ4n) is 2.96. The van der Waals surface area contributed by atoms with E-state index in [1.54, 1.807) is 0 Å². The molecule has 0 radical (unpaired) electrons. The van der Waals surface area contributed by atoms with Gasteiger partial charge in [0, 0.05) is 36.6 Å². The first-order chi connectivity index (χ1) is 9.46. The van der Waals surface area contributed by atoms with E-state index in [0.717, 1.165) is 6.54 Å². The van der Waals surface area contributed by atoms with E-state index >= 15 is 0 Å². The predicted octanol–water partition coefficient (Wildman–Crippen LogP) is 2.20. The van der Waals surface area contributed by atoms with E-state index in [9.17, 15) is 5.11 Å². The van der Waals surface area contributed by atoms with Gasteiger partial charge in [0.15, 0.2) is 0 Å². The molecule has 2 rings (SSSR count). The second kappa shape index (κ2) is 6.98. The smallest absolute Gasteiger partial charge is 0.0959 e. The largest absolute Gasteiger partial charge is 0.388 e. The zero-order valence-corrected chi connectivity index (χ0v) is 13.7. The van der Waals surface area contributed by atoms with Gasteiger partial charge in [0.2, 0.25) is 0 Å². The highest BCUT2D eigenvalue weighted by molar-refractivity contribution is 7.11. The van der Waals surface area contributed by atoms with Crippen LogP contribution in [0.5, 0.6) is 0 Å². The number of hydrogen-bond acceptors (Lipinski definition) is 5. The number of rotatable bonds is 7. The third-order valence-electron chi connectivity index (χ3n) is 3.74. The van der Waals surface area contributed by atoms with Crippen molar-refractivity contribution in [1.29, 1.82) is 0 Å². The standard InChI is InChI=1S/C15H27N3OS/c1-15(19,11-18(2)3)10-16-8-13-9-17-14(20-13)12-6-4-5-7-12/h9,12,16,19H,4-8,10-11H2,1-3H3. The first-order valence-corrected chi connectivity index (χ1v) is 8.30. The molecule has 4 nitrogen and oxygen atoms in total. The number of aromatic nitrogens is 1. The van der Waals surface area contributed by atoms with Crippen LogP contribution in [0, 0.1) is 0 Å². The van der Waals surface area contributed by atoms with Gasteiger partial charge in [-0.15, -0.1) is 11.3 Å². The third kappa shape index (κ3) is 4.81. The summed E-state index contributed by atoms with van der Waals surface area (Å²) in [4.78, 5) is 7.85. The predicted molar refractivity (Wildman–Crippen MR) is 84.2 cm³/mol. The number of nitrogens with zero attached hydrogens (tertiary/aromatic N) is 2. The molecule has 1 aromatic rings. The topological polar surface area (TPSA) is 48.4 Å². The molecule has 0 aromatic carbocycles. The Kier molecular flexibility index (Phi) is 5.55. The molecule has 20 heavy (non-hydrogen) atoms. The Balaban J connectivity index is 1.76. The summed E-state index contributed by atoms with van der Waals surface area (Å²) in [5.74, 6) is 0.700. The van der Waals surface area contributed by atoms with Crippen LogP contribution < -0.4 is 5.32 Å². The van der Waals surface area contributed by atoms with Gasteiger partial charge in [-0.2, -0.15) is 0 Å². The normalized spacial score (nSPS) is 19.6. The van der Waals surface area contributed by atoms with Gasteiger partial charge >= 0.3 is 0 Å². The number of likely N-dealkylation sites (N-methyl/N-ethyl adjacent to an activating group) is 1. The van der Waals surface area contributed by atoms with E-state index in [1.807, 2.05) is 43.5 Å². The Morgan fingerprint density at radius 2 is 2.15 bits per heavy atom. The molecule has 0 spiro atoms. The highest BCUT2D eigenvalue weighted by Crippen LogP contribution is 2.35. The number of thiazole rings is 1. The molecule has 1 aliphatic rings. The fraction of sp³-hybridized carbons (Fsp3) is 0.800. The van der Waals surface area contributed by atoms with E-state index in [0.29, 0.717) is 19.0 Å². The number of nitrogens with one attached hydrogen (secondary N) is 1. The van der Waals surface area contributed by atoms with Crippen LogP contribution >= 0.6 is 11.3 Å². The fourth-order valence-corrected chi connectivity index (χ4v) is 4.01. The SMILES string of the molecule is CN(C)CC(C)(O)CNCc1cnc(C2CCCC2)s1. The second-order valence-electron chi connectivity index (χ2n) is 6.48. The summed E-state index contributed by atoms with van der Waals surface area (Å²) in [7, 11) is 3.96. The Bertz CT molecular complexity index is 411. The Hall–Kier alpha value is -0.490. The van der Waals surface area contributed by atoms with E-state index in [4.69, 9.17) is 0 Å². The maximum Gasteiger partial charge on any atom is 0.0959 e. The molecule has 0 aliphatic heterocycles. The summed E-state index contributed by atoms with van der Waals surface area (Å²) in [6.45, 7) is 3.93. The van der Waals surface area contributed by atoms with Crippen LogP contribution in [-0.2, 0) is 6.54 Å². The van der Waals surface area contributed by atoms with Crippen LogP contribution in [0.25, 0.3) is 0 Å². The van der Waals surface area contributed by atoms with Crippen molar-refractivity contribution in [2.75, 3.05) is 27.2 Å². The molecule has 5 heteroatoms. The monoisotopic (exact) mass is 297 g/mol. The lowest BCUT2D eigenvalue weighted by Gasteiger charge is -2.27. The van der Waals surface area contributed by atoms with Crippen molar-refractivity contribution in [3.05, 3.63) is 16.1 Å². The zero-order valence-electron chi connectivity index (χ0n) is 12.9. The van der Waals surface area contributed by atoms with Crippen molar-refractivity contribution in [3.8, 4) is 0 Å². The average molecular weight is 297 g/mol. The molecule has 1 aliphatic carbocycles. The quantitative estimate of drug-likeness (QED) is 0.810. The Morgan fingerprint density at radius 1 is 1.45 bits per heavy atom. The minimum absolute atomic E-state index is 0.599. The van der Waals surface area contributed by atoms with Crippen molar-refractivity contribution in [1.82, 2.24) is 15.2 Å². The highest BCUT2D eigenvalue weighted by Gasteiger charge is 2.22. The molecule has 2 N–H and O–H groups in total. The summed E-state index contributed by atoms with van der Waals surface area (Å²) in [6.07, 6.45) is 7.30. The molecule has 1 fully saturated rings. The van der Waals surface area contributed by atoms with Crippen LogP contribution in [0.3, 0.4) is 0 Å². The summed E-state index contributed by atoms with van der Waals surface area (Å²) in [6, 6.07) is 0. The third-order valence-corrected chi connectivity index (χ3v) is 4.90. The molecular formula is C15H27N3OS. The minimum Gasteiger partial charge on any atom is -0.388 e. The maximum absolute atomic E-state index is 10.2. The van der Waals surface area contributed by atoms with Gasteiger partial charge in [-0.25, -0.2) is 4.98 Å². The first kappa shape index (κ1) is 15.9. The molecule has 1 heterocycles. The van der Waals surface area contributed by atoms with Gasteiger partial charge < -0.3 is 15.3 Å². The first-order valence-electron chi connectivity index (χ1n) is 7.49. The molecular weight excluding hydrogens is 270 g/mol. The van der Waals surface area contributed by atoms with Crippen LogP contribution in [0.1, 0.15) is 48.4 Å². The number of hydrogen-bond donors (Lipinski definition) is 2. The van der Waals surface area contributed by atoms with Gasteiger partial charge in [0.25, 0.3) is 0 Å². The van der Waals surface area contributed by atoms with E-state index in [1.165, 1.54) is 35.6 Å². The molecule has 114 valence electrons. The van der Waals surface area contributed by atoms with Crippen molar-refractivity contribution in [2.24, 2.45) is 0 Å².